The molecule has 0 aliphatic carbocycles. The van der Waals surface area contributed by atoms with E-state index in [1.807, 2.05) is 19.1 Å². The van der Waals surface area contributed by atoms with Gasteiger partial charge in [-0.25, -0.2) is 0 Å². The zero-order chi connectivity index (χ0) is 7.28. The number of rotatable bonds is 3. The average Bonchev–Trinajstić information content (AvgIpc) is 1.87. The second-order valence-corrected chi connectivity index (χ2v) is 2.10. The summed E-state index contributed by atoms with van der Waals surface area (Å²) in [6.45, 7) is 11.6. The van der Waals surface area contributed by atoms with E-state index >= 15 is 0 Å². The van der Waals surface area contributed by atoms with E-state index in [-0.39, 0.29) is 0 Å². The summed E-state index contributed by atoms with van der Waals surface area (Å²) in [5.74, 6) is 0. The fraction of sp³-hybridized carbons (Fsp3) is 0.333. The van der Waals surface area contributed by atoms with Gasteiger partial charge in [-0.15, -0.1) is 0 Å². The molecule has 0 aromatic rings. The highest BCUT2D eigenvalue weighted by Crippen LogP contribution is 2.03. The molecule has 50 valence electrons. The third-order valence-corrected chi connectivity index (χ3v) is 1.21. The van der Waals surface area contributed by atoms with Crippen molar-refractivity contribution in [2.24, 2.45) is 0 Å². The third-order valence-electron chi connectivity index (χ3n) is 1.21. The van der Waals surface area contributed by atoms with Crippen molar-refractivity contribution in [2.45, 2.75) is 20.3 Å². The van der Waals surface area contributed by atoms with Gasteiger partial charge in [-0.3, -0.25) is 0 Å². The van der Waals surface area contributed by atoms with Gasteiger partial charge in [-0.05, 0) is 13.3 Å². The first kappa shape index (κ1) is 8.22. The van der Waals surface area contributed by atoms with Crippen LogP contribution in [0.4, 0.5) is 0 Å². The Hall–Kier alpha value is -0.780. The molecule has 0 saturated carbocycles. The van der Waals surface area contributed by atoms with Crippen molar-refractivity contribution in [1.82, 2.24) is 0 Å². The molecular weight excluding hydrogens is 108 g/mol. The van der Waals surface area contributed by atoms with Crippen LogP contribution < -0.4 is 0 Å². The quantitative estimate of drug-likeness (QED) is 0.504. The van der Waals surface area contributed by atoms with Gasteiger partial charge in [0.25, 0.3) is 0 Å². The molecule has 0 bridgehead atoms. The van der Waals surface area contributed by atoms with Crippen LogP contribution in [0.2, 0.25) is 0 Å². The Morgan fingerprint density at radius 3 is 2.44 bits per heavy atom. The first-order valence-corrected chi connectivity index (χ1v) is 3.19. The molecule has 9 heavy (non-hydrogen) atoms. The molecule has 0 rings (SSSR count). The second kappa shape index (κ2) is 4.13. The number of hydrogen-bond donors (Lipinski definition) is 0. The molecule has 0 aliphatic rings. The molecule has 0 spiro atoms. The largest absolute Gasteiger partial charge is 0.0988 e. The molecule has 0 aromatic heterocycles. The van der Waals surface area contributed by atoms with Gasteiger partial charge in [0, 0.05) is 0 Å². The maximum absolute atomic E-state index is 3.84. The lowest BCUT2D eigenvalue weighted by molar-refractivity contribution is 1.15. The zero-order valence-corrected chi connectivity index (χ0v) is 6.28. The summed E-state index contributed by atoms with van der Waals surface area (Å²) in [6.07, 6.45) is 4.90. The Balaban J connectivity index is 3.94. The third kappa shape index (κ3) is 3.77. The van der Waals surface area contributed by atoms with Crippen LogP contribution in [0.1, 0.15) is 20.3 Å². The van der Waals surface area contributed by atoms with E-state index in [0.717, 1.165) is 12.0 Å². The lowest BCUT2D eigenvalue weighted by atomic mass is 10.1. The van der Waals surface area contributed by atoms with Crippen LogP contribution in [-0.2, 0) is 0 Å². The summed E-state index contributed by atoms with van der Waals surface area (Å²) < 4.78 is 0. The monoisotopic (exact) mass is 122 g/mol. The summed E-state index contributed by atoms with van der Waals surface area (Å²) in [6, 6.07) is 0. The molecule has 0 N–H and O–H groups in total. The van der Waals surface area contributed by atoms with Crippen molar-refractivity contribution in [3.63, 3.8) is 0 Å². The Morgan fingerprint density at radius 1 is 1.56 bits per heavy atom. The van der Waals surface area contributed by atoms with Crippen LogP contribution in [0.5, 0.6) is 0 Å². The fourth-order valence-electron chi connectivity index (χ4n) is 0.483. The van der Waals surface area contributed by atoms with Crippen molar-refractivity contribution in [3.8, 4) is 0 Å². The maximum atomic E-state index is 3.84. The molecule has 0 atom stereocenters. The van der Waals surface area contributed by atoms with Crippen molar-refractivity contribution in [2.75, 3.05) is 0 Å². The van der Waals surface area contributed by atoms with Gasteiger partial charge < -0.3 is 0 Å². The van der Waals surface area contributed by atoms with Crippen molar-refractivity contribution < 1.29 is 0 Å². The first-order chi connectivity index (χ1) is 4.20. The summed E-state index contributed by atoms with van der Waals surface area (Å²) in [4.78, 5) is 0. The standard InChI is InChI=1S/C9H14/c1-5-8(3)7-9(4)6-2/h5,7H,1,4,6H2,2-3H3/b8-7-. The van der Waals surface area contributed by atoms with E-state index in [1.54, 1.807) is 0 Å². The van der Waals surface area contributed by atoms with Crippen molar-refractivity contribution in [1.29, 1.82) is 0 Å². The minimum absolute atomic E-state index is 1.02. The Bertz CT molecular complexity index is 138. The molecule has 0 saturated heterocycles. The minimum atomic E-state index is 1.02. The van der Waals surface area contributed by atoms with Crippen LogP contribution in [0, 0.1) is 0 Å². The summed E-state index contributed by atoms with van der Waals surface area (Å²) >= 11 is 0. The van der Waals surface area contributed by atoms with Gasteiger partial charge in [0.2, 0.25) is 0 Å². The normalized spacial score (nSPS) is 11.1. The molecule has 0 fully saturated rings. The summed E-state index contributed by atoms with van der Waals surface area (Å²) in [5, 5.41) is 0. The highest BCUT2D eigenvalue weighted by atomic mass is 13.9. The molecule has 0 radical (unpaired) electrons. The van der Waals surface area contributed by atoms with Gasteiger partial charge in [-0.2, -0.15) is 0 Å². The van der Waals surface area contributed by atoms with E-state index in [4.69, 9.17) is 0 Å². The van der Waals surface area contributed by atoms with E-state index in [9.17, 15) is 0 Å². The van der Waals surface area contributed by atoms with E-state index in [1.165, 1.54) is 5.57 Å². The molecule has 0 amide bonds. The average molecular weight is 122 g/mol. The van der Waals surface area contributed by atoms with Crippen molar-refractivity contribution in [3.05, 3.63) is 36.5 Å². The molecule has 0 aliphatic heterocycles. The molecule has 0 nitrogen and oxygen atoms in total. The van der Waals surface area contributed by atoms with Gasteiger partial charge in [-0.1, -0.05) is 43.4 Å². The van der Waals surface area contributed by atoms with Gasteiger partial charge in [0.05, 0.1) is 0 Å². The topological polar surface area (TPSA) is 0 Å². The minimum Gasteiger partial charge on any atom is -0.0988 e. The number of allylic oxidation sites excluding steroid dienone is 4. The Kier molecular flexibility index (Phi) is 3.78. The molecule has 0 heteroatoms. The smallest absolute Gasteiger partial charge is 0.0313 e. The number of hydrogen-bond acceptors (Lipinski definition) is 0. The van der Waals surface area contributed by atoms with Gasteiger partial charge in [0.15, 0.2) is 0 Å². The highest BCUT2D eigenvalue weighted by molar-refractivity contribution is 5.25. The summed E-state index contributed by atoms with van der Waals surface area (Å²) in [5.41, 5.74) is 2.34. The van der Waals surface area contributed by atoms with Crippen LogP contribution >= 0.6 is 0 Å². The SMILES string of the molecule is C=C/C(C)=C\C(=C)CC. The van der Waals surface area contributed by atoms with Crippen LogP contribution in [-0.4, -0.2) is 0 Å². The maximum Gasteiger partial charge on any atom is -0.0313 e. The molecule has 0 aromatic carbocycles. The zero-order valence-electron chi connectivity index (χ0n) is 6.28. The Labute approximate surface area is 57.6 Å². The molecule has 0 heterocycles. The Morgan fingerprint density at radius 2 is 2.11 bits per heavy atom. The lowest BCUT2D eigenvalue weighted by Gasteiger charge is -1.92. The highest BCUT2D eigenvalue weighted by Gasteiger charge is 1.82. The fourth-order valence-corrected chi connectivity index (χ4v) is 0.483. The summed E-state index contributed by atoms with van der Waals surface area (Å²) in [7, 11) is 0. The van der Waals surface area contributed by atoms with Crippen molar-refractivity contribution >= 4 is 0 Å². The molecular formula is C9H14. The van der Waals surface area contributed by atoms with E-state index in [0.29, 0.717) is 0 Å². The lowest BCUT2D eigenvalue weighted by Crippen LogP contribution is -1.72. The van der Waals surface area contributed by atoms with Gasteiger partial charge >= 0.3 is 0 Å². The van der Waals surface area contributed by atoms with Crippen LogP contribution in [0.3, 0.4) is 0 Å². The molecule has 0 unspecified atom stereocenters. The predicted molar refractivity (Wildman–Crippen MR) is 43.4 cm³/mol. The second-order valence-electron chi connectivity index (χ2n) is 2.10. The van der Waals surface area contributed by atoms with Crippen LogP contribution in [0.25, 0.3) is 0 Å². The predicted octanol–water partition coefficient (Wildman–Crippen LogP) is 3.08. The van der Waals surface area contributed by atoms with Gasteiger partial charge in [0.1, 0.15) is 0 Å². The van der Waals surface area contributed by atoms with E-state index in [2.05, 4.69) is 20.1 Å². The van der Waals surface area contributed by atoms with Crippen LogP contribution in [0.15, 0.2) is 36.5 Å². The van der Waals surface area contributed by atoms with E-state index < -0.39 is 0 Å². The first-order valence-electron chi connectivity index (χ1n) is 3.19.